The average Bonchev–Trinajstić information content (AvgIpc) is 2.80. The first-order valence-electron chi connectivity index (χ1n) is 11.3. The number of hydrogen-bond donors (Lipinski definition) is 1. The Labute approximate surface area is 192 Å². The molecule has 0 aliphatic carbocycles. The summed E-state index contributed by atoms with van der Waals surface area (Å²) in [6.07, 6.45) is -1.61. The van der Waals surface area contributed by atoms with Crippen molar-refractivity contribution in [2.24, 2.45) is 5.92 Å². The van der Waals surface area contributed by atoms with Gasteiger partial charge in [-0.25, -0.2) is 4.98 Å². The van der Waals surface area contributed by atoms with Crippen molar-refractivity contribution in [2.75, 3.05) is 37.7 Å². The second kappa shape index (κ2) is 11.2. The molecule has 180 valence electrons. The number of aromatic nitrogens is 1. The zero-order valence-electron chi connectivity index (χ0n) is 19.0. The maximum atomic E-state index is 12.7. The standard InChI is InChI=1S/C24H30F3N3O3/c1-3-32-20-7-5-17(15-21(20)33-4-2)9-12-28-23(31)18-10-13-30(14-11-18)22-8-6-19(16-29-22)24(25,26)27/h5-8,15-16,18H,3-4,9-14H2,1-2H3,(H,28,31). The lowest BCUT2D eigenvalue weighted by Crippen LogP contribution is -2.41. The molecule has 2 heterocycles. The smallest absolute Gasteiger partial charge is 0.417 e. The van der Waals surface area contributed by atoms with E-state index >= 15 is 0 Å². The number of anilines is 1. The van der Waals surface area contributed by atoms with E-state index in [-0.39, 0.29) is 11.8 Å². The van der Waals surface area contributed by atoms with E-state index in [4.69, 9.17) is 9.47 Å². The minimum absolute atomic E-state index is 0.00555. The van der Waals surface area contributed by atoms with E-state index in [0.717, 1.165) is 17.8 Å². The lowest BCUT2D eigenvalue weighted by atomic mass is 9.95. The number of benzene rings is 1. The van der Waals surface area contributed by atoms with Crippen LogP contribution < -0.4 is 19.7 Å². The van der Waals surface area contributed by atoms with E-state index in [2.05, 4.69) is 10.3 Å². The van der Waals surface area contributed by atoms with Crippen molar-refractivity contribution < 1.29 is 27.4 Å². The maximum Gasteiger partial charge on any atom is 0.417 e. The number of ether oxygens (including phenoxy) is 2. The first-order chi connectivity index (χ1) is 15.8. The minimum Gasteiger partial charge on any atom is -0.490 e. The summed E-state index contributed by atoms with van der Waals surface area (Å²) in [7, 11) is 0. The van der Waals surface area contributed by atoms with Gasteiger partial charge in [-0.05, 0) is 62.9 Å². The summed E-state index contributed by atoms with van der Waals surface area (Å²) in [6, 6.07) is 8.22. The molecule has 1 fully saturated rings. The average molecular weight is 466 g/mol. The Morgan fingerprint density at radius 2 is 1.79 bits per heavy atom. The van der Waals surface area contributed by atoms with Gasteiger partial charge in [-0.1, -0.05) is 6.07 Å². The van der Waals surface area contributed by atoms with Crippen LogP contribution in [0.25, 0.3) is 0 Å². The third-order valence-electron chi connectivity index (χ3n) is 5.59. The maximum absolute atomic E-state index is 12.7. The summed E-state index contributed by atoms with van der Waals surface area (Å²) in [6.45, 7) is 6.61. The third-order valence-corrected chi connectivity index (χ3v) is 5.59. The number of rotatable bonds is 9. The predicted molar refractivity (Wildman–Crippen MR) is 120 cm³/mol. The molecule has 0 spiro atoms. The van der Waals surface area contributed by atoms with Gasteiger partial charge in [-0.3, -0.25) is 4.79 Å². The summed E-state index contributed by atoms with van der Waals surface area (Å²) in [5.41, 5.74) is 0.284. The molecule has 1 saturated heterocycles. The fourth-order valence-electron chi connectivity index (χ4n) is 3.84. The lowest BCUT2D eigenvalue weighted by Gasteiger charge is -2.32. The number of piperidine rings is 1. The Hall–Kier alpha value is -2.97. The Kier molecular flexibility index (Phi) is 8.41. The molecule has 33 heavy (non-hydrogen) atoms. The van der Waals surface area contributed by atoms with Crippen LogP contribution in [0, 0.1) is 5.92 Å². The number of nitrogens with zero attached hydrogens (tertiary/aromatic N) is 2. The van der Waals surface area contributed by atoms with Gasteiger partial charge in [-0.15, -0.1) is 0 Å². The second-order valence-corrected chi connectivity index (χ2v) is 7.85. The Bertz CT molecular complexity index is 911. The Morgan fingerprint density at radius 1 is 1.09 bits per heavy atom. The molecule has 0 unspecified atom stereocenters. The van der Waals surface area contributed by atoms with Crippen LogP contribution in [0.1, 0.15) is 37.8 Å². The molecule has 1 aliphatic rings. The van der Waals surface area contributed by atoms with Crippen LogP contribution in [-0.2, 0) is 17.4 Å². The number of alkyl halides is 3. The van der Waals surface area contributed by atoms with Gasteiger partial charge >= 0.3 is 6.18 Å². The number of carbonyl (C=O) groups is 1. The fraction of sp³-hybridized carbons (Fsp3) is 0.500. The topological polar surface area (TPSA) is 63.7 Å². The highest BCUT2D eigenvalue weighted by Crippen LogP contribution is 2.30. The van der Waals surface area contributed by atoms with Crippen molar-refractivity contribution in [2.45, 2.75) is 39.3 Å². The van der Waals surface area contributed by atoms with Crippen molar-refractivity contribution in [3.8, 4) is 11.5 Å². The molecule has 3 rings (SSSR count). The molecule has 6 nitrogen and oxygen atoms in total. The molecule has 2 aromatic rings. The largest absolute Gasteiger partial charge is 0.490 e. The van der Waals surface area contributed by atoms with Gasteiger partial charge in [-0.2, -0.15) is 13.2 Å². The summed E-state index contributed by atoms with van der Waals surface area (Å²) in [4.78, 5) is 18.4. The van der Waals surface area contributed by atoms with Gasteiger partial charge < -0.3 is 19.7 Å². The molecule has 1 amide bonds. The second-order valence-electron chi connectivity index (χ2n) is 7.85. The highest BCUT2D eigenvalue weighted by Gasteiger charge is 2.31. The van der Waals surface area contributed by atoms with Crippen molar-refractivity contribution >= 4 is 11.7 Å². The zero-order chi connectivity index (χ0) is 23.8. The highest BCUT2D eigenvalue weighted by molar-refractivity contribution is 5.79. The van der Waals surface area contributed by atoms with Crippen molar-refractivity contribution in [1.29, 1.82) is 0 Å². The van der Waals surface area contributed by atoms with Crippen molar-refractivity contribution in [3.63, 3.8) is 0 Å². The highest BCUT2D eigenvalue weighted by atomic mass is 19.4. The van der Waals surface area contributed by atoms with Crippen LogP contribution in [0.5, 0.6) is 11.5 Å². The van der Waals surface area contributed by atoms with Crippen molar-refractivity contribution in [3.05, 3.63) is 47.7 Å². The summed E-state index contributed by atoms with van der Waals surface area (Å²) in [5.74, 6) is 1.80. The van der Waals surface area contributed by atoms with E-state index in [1.165, 1.54) is 6.07 Å². The number of nitrogens with one attached hydrogen (secondary N) is 1. The zero-order valence-corrected chi connectivity index (χ0v) is 19.0. The van der Waals surface area contributed by atoms with E-state index in [1.807, 2.05) is 36.9 Å². The van der Waals surface area contributed by atoms with Gasteiger partial charge in [0.25, 0.3) is 0 Å². The number of halogens is 3. The fourth-order valence-corrected chi connectivity index (χ4v) is 3.84. The van der Waals surface area contributed by atoms with E-state index in [9.17, 15) is 18.0 Å². The van der Waals surface area contributed by atoms with Crippen LogP contribution in [0.2, 0.25) is 0 Å². The third kappa shape index (κ3) is 6.76. The van der Waals surface area contributed by atoms with E-state index in [0.29, 0.717) is 69.4 Å². The Balaban J connectivity index is 1.45. The molecule has 1 aliphatic heterocycles. The SMILES string of the molecule is CCOc1ccc(CCNC(=O)C2CCN(c3ccc(C(F)(F)F)cn3)CC2)cc1OCC. The molecular formula is C24H30F3N3O3. The van der Waals surface area contributed by atoms with Gasteiger partial charge in [0.1, 0.15) is 5.82 Å². The first-order valence-corrected chi connectivity index (χ1v) is 11.3. The molecule has 0 atom stereocenters. The van der Waals surface area contributed by atoms with Gasteiger partial charge in [0.05, 0.1) is 18.8 Å². The predicted octanol–water partition coefficient (Wildman–Crippen LogP) is 4.47. The molecule has 0 saturated carbocycles. The number of amides is 1. The van der Waals surface area contributed by atoms with Crippen molar-refractivity contribution in [1.82, 2.24) is 10.3 Å². The number of pyridine rings is 1. The normalized spacial score (nSPS) is 14.8. The monoisotopic (exact) mass is 465 g/mol. The minimum atomic E-state index is -4.40. The van der Waals surface area contributed by atoms with Crippen LogP contribution in [-0.4, -0.2) is 43.7 Å². The van der Waals surface area contributed by atoms with E-state index in [1.54, 1.807) is 0 Å². The van der Waals surface area contributed by atoms with Crippen LogP contribution in [0.15, 0.2) is 36.5 Å². The summed E-state index contributed by atoms with van der Waals surface area (Å²) in [5, 5.41) is 3.00. The summed E-state index contributed by atoms with van der Waals surface area (Å²) < 4.78 is 49.3. The molecule has 0 radical (unpaired) electrons. The molecular weight excluding hydrogens is 435 g/mol. The van der Waals surface area contributed by atoms with Gasteiger partial charge in [0, 0.05) is 31.7 Å². The molecule has 9 heteroatoms. The molecule has 1 N–H and O–H groups in total. The quantitative estimate of drug-likeness (QED) is 0.592. The van der Waals surface area contributed by atoms with Gasteiger partial charge in [0.15, 0.2) is 11.5 Å². The number of hydrogen-bond acceptors (Lipinski definition) is 5. The first kappa shape index (κ1) is 24.7. The molecule has 0 bridgehead atoms. The van der Waals surface area contributed by atoms with Crippen LogP contribution >= 0.6 is 0 Å². The van der Waals surface area contributed by atoms with Gasteiger partial charge in [0.2, 0.25) is 5.91 Å². The van der Waals surface area contributed by atoms with E-state index < -0.39 is 11.7 Å². The Morgan fingerprint density at radius 3 is 2.39 bits per heavy atom. The van der Waals surface area contributed by atoms with Crippen LogP contribution in [0.4, 0.5) is 19.0 Å². The number of carbonyl (C=O) groups excluding carboxylic acids is 1. The molecule has 1 aromatic carbocycles. The molecule has 1 aromatic heterocycles. The van der Waals surface area contributed by atoms with Crippen LogP contribution in [0.3, 0.4) is 0 Å². The lowest BCUT2D eigenvalue weighted by molar-refractivity contribution is -0.137. The summed E-state index contributed by atoms with van der Waals surface area (Å²) >= 11 is 0.